The lowest BCUT2D eigenvalue weighted by Crippen LogP contribution is -2.20. The minimum Gasteiger partial charge on any atom is -0.308 e. The van der Waals surface area contributed by atoms with Gasteiger partial charge in [0.2, 0.25) is 0 Å². The van der Waals surface area contributed by atoms with Crippen molar-refractivity contribution in [3.05, 3.63) is 53.2 Å². The first kappa shape index (κ1) is 15.1. The van der Waals surface area contributed by atoms with Gasteiger partial charge in [-0.1, -0.05) is 17.7 Å². The first-order chi connectivity index (χ1) is 9.86. The molecule has 0 saturated heterocycles. The molecule has 0 fully saturated rings. The van der Waals surface area contributed by atoms with Crippen LogP contribution in [0.3, 0.4) is 0 Å². The molecule has 0 atom stereocenters. The molecule has 0 spiro atoms. The zero-order valence-electron chi connectivity index (χ0n) is 10.4. The van der Waals surface area contributed by atoms with Crippen molar-refractivity contribution in [2.24, 2.45) is 0 Å². The maximum atomic E-state index is 12.5. The van der Waals surface area contributed by atoms with Crippen molar-refractivity contribution in [2.75, 3.05) is 10.6 Å². The van der Waals surface area contributed by atoms with E-state index in [4.69, 9.17) is 11.6 Å². The van der Waals surface area contributed by atoms with Crippen LogP contribution in [0.25, 0.3) is 0 Å². The number of halogens is 4. The third kappa shape index (κ3) is 4.09. The lowest BCUT2D eigenvalue weighted by molar-refractivity contribution is -0.137. The van der Waals surface area contributed by atoms with E-state index in [1.807, 2.05) is 0 Å². The van der Waals surface area contributed by atoms with Gasteiger partial charge < -0.3 is 5.32 Å². The normalized spacial score (nSPS) is 11.0. The Morgan fingerprint density at radius 2 is 1.90 bits per heavy atom. The third-order valence-corrected chi connectivity index (χ3v) is 2.74. The molecule has 1 aromatic carbocycles. The molecule has 4 nitrogen and oxygen atoms in total. The highest BCUT2D eigenvalue weighted by Crippen LogP contribution is 2.30. The largest absolute Gasteiger partial charge is 0.416 e. The van der Waals surface area contributed by atoms with Gasteiger partial charge in [-0.3, -0.25) is 5.32 Å². The Kier molecular flexibility index (Phi) is 4.32. The van der Waals surface area contributed by atoms with Gasteiger partial charge >= 0.3 is 12.2 Å². The van der Waals surface area contributed by atoms with Crippen molar-refractivity contribution < 1.29 is 18.0 Å². The van der Waals surface area contributed by atoms with E-state index in [-0.39, 0.29) is 16.5 Å². The third-order valence-electron chi connectivity index (χ3n) is 2.44. The van der Waals surface area contributed by atoms with Gasteiger partial charge in [-0.15, -0.1) is 0 Å². The lowest BCUT2D eigenvalue weighted by Gasteiger charge is -2.10. The van der Waals surface area contributed by atoms with Crippen molar-refractivity contribution in [1.29, 1.82) is 0 Å². The van der Waals surface area contributed by atoms with E-state index in [9.17, 15) is 18.0 Å². The number of rotatable bonds is 2. The number of amides is 2. The molecular formula is C13H9ClF3N3O. The van der Waals surface area contributed by atoms with Crippen LogP contribution in [0.2, 0.25) is 5.02 Å². The average molecular weight is 316 g/mol. The Morgan fingerprint density at radius 3 is 2.57 bits per heavy atom. The Labute approximate surface area is 122 Å². The molecule has 0 aliphatic heterocycles. The summed E-state index contributed by atoms with van der Waals surface area (Å²) >= 11 is 5.80. The summed E-state index contributed by atoms with van der Waals surface area (Å²) in [7, 11) is 0. The zero-order chi connectivity index (χ0) is 15.5. The number of nitrogens with one attached hydrogen (secondary N) is 2. The Bertz CT molecular complexity index is 661. The number of hydrogen-bond acceptors (Lipinski definition) is 2. The predicted molar refractivity (Wildman–Crippen MR) is 73.3 cm³/mol. The van der Waals surface area contributed by atoms with E-state index in [2.05, 4.69) is 15.6 Å². The Hall–Kier alpha value is -2.28. The van der Waals surface area contributed by atoms with E-state index in [0.29, 0.717) is 0 Å². The molecule has 2 N–H and O–H groups in total. The number of nitrogens with zero attached hydrogens (tertiary/aromatic N) is 1. The molecule has 0 aliphatic rings. The monoisotopic (exact) mass is 315 g/mol. The highest BCUT2D eigenvalue weighted by molar-refractivity contribution is 6.33. The second-order valence-corrected chi connectivity index (χ2v) is 4.40. The van der Waals surface area contributed by atoms with E-state index >= 15 is 0 Å². The van der Waals surface area contributed by atoms with E-state index < -0.39 is 17.8 Å². The van der Waals surface area contributed by atoms with Crippen molar-refractivity contribution in [3.8, 4) is 0 Å². The molecule has 21 heavy (non-hydrogen) atoms. The molecule has 2 rings (SSSR count). The molecule has 8 heteroatoms. The second-order valence-electron chi connectivity index (χ2n) is 3.99. The average Bonchev–Trinajstić information content (AvgIpc) is 2.41. The number of urea groups is 1. The maximum Gasteiger partial charge on any atom is 0.416 e. The topological polar surface area (TPSA) is 54.0 Å². The number of carbonyl (C=O) groups excluding carboxylic acids is 1. The molecule has 1 aromatic heterocycles. The van der Waals surface area contributed by atoms with Crippen LogP contribution in [0.1, 0.15) is 5.56 Å². The quantitative estimate of drug-likeness (QED) is 0.863. The van der Waals surface area contributed by atoms with Crippen LogP contribution in [-0.2, 0) is 6.18 Å². The summed E-state index contributed by atoms with van der Waals surface area (Å²) in [4.78, 5) is 15.5. The first-order valence-electron chi connectivity index (χ1n) is 5.72. The van der Waals surface area contributed by atoms with Gasteiger partial charge in [0.25, 0.3) is 0 Å². The Morgan fingerprint density at radius 1 is 1.14 bits per heavy atom. The summed E-state index contributed by atoms with van der Waals surface area (Å²) in [5.74, 6) is 0.114. The molecule has 0 bridgehead atoms. The van der Waals surface area contributed by atoms with Gasteiger partial charge in [0.05, 0.1) is 10.6 Å². The van der Waals surface area contributed by atoms with Gasteiger partial charge in [0.1, 0.15) is 0 Å². The van der Waals surface area contributed by atoms with Crippen molar-refractivity contribution in [2.45, 2.75) is 6.18 Å². The molecule has 1 heterocycles. The number of anilines is 2. The summed E-state index contributed by atoms with van der Waals surface area (Å²) in [5.41, 5.74) is -0.842. The van der Waals surface area contributed by atoms with Crippen LogP contribution in [-0.4, -0.2) is 11.0 Å². The number of pyridine rings is 1. The SMILES string of the molecule is O=C(Nc1cccc(C(F)(F)F)c1)Nc1ncccc1Cl. The van der Waals surface area contributed by atoms with Crippen molar-refractivity contribution >= 4 is 29.1 Å². The second kappa shape index (κ2) is 6.01. The highest BCUT2D eigenvalue weighted by atomic mass is 35.5. The molecule has 2 amide bonds. The molecule has 2 aromatic rings. The number of carbonyl (C=O) groups is 1. The number of alkyl halides is 3. The standard InChI is InChI=1S/C13H9ClF3N3O/c14-10-5-2-6-18-11(10)20-12(21)19-9-4-1-3-8(7-9)13(15,16)17/h1-7H,(H2,18,19,20,21). The molecule has 0 unspecified atom stereocenters. The Balaban J connectivity index is 2.08. The fraction of sp³-hybridized carbons (Fsp3) is 0.0769. The smallest absolute Gasteiger partial charge is 0.308 e. The molecular weight excluding hydrogens is 307 g/mol. The fourth-order valence-corrected chi connectivity index (χ4v) is 1.69. The molecule has 0 aliphatic carbocycles. The highest BCUT2D eigenvalue weighted by Gasteiger charge is 2.30. The van der Waals surface area contributed by atoms with E-state index in [0.717, 1.165) is 12.1 Å². The van der Waals surface area contributed by atoms with Gasteiger partial charge in [-0.2, -0.15) is 13.2 Å². The van der Waals surface area contributed by atoms with Crippen molar-refractivity contribution in [1.82, 2.24) is 4.98 Å². The van der Waals surface area contributed by atoms with Crippen LogP contribution in [0.15, 0.2) is 42.6 Å². The summed E-state index contributed by atoms with van der Waals surface area (Å²) in [6, 6.07) is 6.65. The first-order valence-corrected chi connectivity index (χ1v) is 6.10. The van der Waals surface area contributed by atoms with Gasteiger partial charge in [0.15, 0.2) is 5.82 Å². The van der Waals surface area contributed by atoms with E-state index in [1.54, 1.807) is 6.07 Å². The van der Waals surface area contributed by atoms with Crippen LogP contribution < -0.4 is 10.6 Å². The molecule has 0 radical (unpaired) electrons. The lowest BCUT2D eigenvalue weighted by atomic mass is 10.2. The number of benzene rings is 1. The van der Waals surface area contributed by atoms with Gasteiger partial charge in [-0.05, 0) is 30.3 Å². The molecule has 110 valence electrons. The fourth-order valence-electron chi connectivity index (χ4n) is 1.52. The minimum absolute atomic E-state index is 0.00868. The van der Waals surface area contributed by atoms with Gasteiger partial charge in [0, 0.05) is 11.9 Å². The van der Waals surface area contributed by atoms with Crippen molar-refractivity contribution in [3.63, 3.8) is 0 Å². The number of hydrogen-bond donors (Lipinski definition) is 2. The number of aromatic nitrogens is 1. The summed E-state index contributed by atoms with van der Waals surface area (Å²) < 4.78 is 37.6. The van der Waals surface area contributed by atoms with Crippen LogP contribution in [0, 0.1) is 0 Å². The molecule has 0 saturated carbocycles. The van der Waals surface area contributed by atoms with Crippen LogP contribution >= 0.6 is 11.6 Å². The van der Waals surface area contributed by atoms with Gasteiger partial charge in [-0.25, -0.2) is 9.78 Å². The van der Waals surface area contributed by atoms with Crippen LogP contribution in [0.4, 0.5) is 29.5 Å². The summed E-state index contributed by atoms with van der Waals surface area (Å²) in [6.07, 6.45) is -3.05. The van der Waals surface area contributed by atoms with E-state index in [1.165, 1.54) is 24.4 Å². The predicted octanol–water partition coefficient (Wildman–Crippen LogP) is 4.40. The maximum absolute atomic E-state index is 12.5. The zero-order valence-corrected chi connectivity index (χ0v) is 11.2. The van der Waals surface area contributed by atoms with Crippen LogP contribution in [0.5, 0.6) is 0 Å². The summed E-state index contributed by atoms with van der Waals surface area (Å²) in [5, 5.41) is 4.84. The minimum atomic E-state index is -4.47. The summed E-state index contributed by atoms with van der Waals surface area (Å²) in [6.45, 7) is 0.